The molecule has 0 bridgehead atoms. The summed E-state index contributed by atoms with van der Waals surface area (Å²) >= 11 is 3.26. The van der Waals surface area contributed by atoms with Crippen molar-refractivity contribution in [1.82, 2.24) is 20.1 Å². The lowest BCUT2D eigenvalue weighted by Crippen LogP contribution is -2.46. The Bertz CT molecular complexity index is 828. The Morgan fingerprint density at radius 1 is 1.24 bits per heavy atom. The molecule has 8 heteroatoms. The van der Waals surface area contributed by atoms with Gasteiger partial charge in [0, 0.05) is 38.9 Å². The van der Waals surface area contributed by atoms with Crippen molar-refractivity contribution in [2.24, 2.45) is 0 Å². The number of pyridine rings is 1. The molecule has 1 amide bonds. The number of hydrogen-bond acceptors (Lipinski definition) is 5. The van der Waals surface area contributed by atoms with E-state index >= 15 is 0 Å². The van der Waals surface area contributed by atoms with E-state index in [0.29, 0.717) is 22.3 Å². The van der Waals surface area contributed by atoms with Crippen LogP contribution in [0, 0.1) is 5.82 Å². The number of aromatic nitrogens is 1. The number of hydrogen-bond donors (Lipinski definition) is 1. The van der Waals surface area contributed by atoms with E-state index in [1.807, 2.05) is 0 Å². The van der Waals surface area contributed by atoms with Crippen LogP contribution >= 0.6 is 15.9 Å². The maximum absolute atomic E-state index is 13.3. The molecule has 1 aliphatic heterocycles. The monoisotopic (exact) mass is 464 g/mol. The van der Waals surface area contributed by atoms with E-state index in [0.717, 1.165) is 45.7 Å². The fraction of sp³-hybridized carbons (Fsp3) is 0.429. The quantitative estimate of drug-likeness (QED) is 0.605. The topological polar surface area (TPSA) is 57.7 Å². The number of carbonyl (C=O) groups is 1. The fourth-order valence-electron chi connectivity index (χ4n) is 3.24. The third-order valence-corrected chi connectivity index (χ3v) is 5.58. The number of halogens is 2. The molecule has 0 radical (unpaired) electrons. The zero-order valence-corrected chi connectivity index (χ0v) is 18.1. The predicted molar refractivity (Wildman–Crippen MR) is 114 cm³/mol. The van der Waals surface area contributed by atoms with Gasteiger partial charge in [-0.25, -0.2) is 9.37 Å². The minimum atomic E-state index is -0.376. The predicted octanol–water partition coefficient (Wildman–Crippen LogP) is 3.53. The van der Waals surface area contributed by atoms with Crippen molar-refractivity contribution in [3.63, 3.8) is 0 Å². The Hall–Kier alpha value is -2.03. The molecule has 6 nitrogen and oxygen atoms in total. The second kappa shape index (κ2) is 10.7. The number of benzene rings is 1. The molecular formula is C21H26BrFN4O2. The van der Waals surface area contributed by atoms with Crippen LogP contribution in [0.15, 0.2) is 41.0 Å². The molecule has 0 atom stereocenters. The maximum atomic E-state index is 13.3. The van der Waals surface area contributed by atoms with Crippen molar-refractivity contribution in [3.8, 4) is 11.6 Å². The summed E-state index contributed by atoms with van der Waals surface area (Å²) < 4.78 is 19.5. The van der Waals surface area contributed by atoms with Crippen LogP contribution < -0.4 is 10.1 Å². The summed E-state index contributed by atoms with van der Waals surface area (Å²) in [6.45, 7) is 9.22. The summed E-state index contributed by atoms with van der Waals surface area (Å²) in [4.78, 5) is 21.6. The number of carbonyl (C=O) groups excluding carboxylic acids is 1. The van der Waals surface area contributed by atoms with Crippen LogP contribution in [-0.2, 0) is 0 Å². The van der Waals surface area contributed by atoms with E-state index in [4.69, 9.17) is 4.74 Å². The summed E-state index contributed by atoms with van der Waals surface area (Å²) in [5, 5.41) is 2.94. The zero-order chi connectivity index (χ0) is 20.6. The van der Waals surface area contributed by atoms with Crippen molar-refractivity contribution < 1.29 is 13.9 Å². The lowest BCUT2D eigenvalue weighted by atomic mass is 10.2. The number of nitrogens with one attached hydrogen (secondary N) is 1. The van der Waals surface area contributed by atoms with E-state index in [1.165, 1.54) is 18.2 Å². The number of amides is 1. The van der Waals surface area contributed by atoms with E-state index in [2.05, 4.69) is 43.0 Å². The van der Waals surface area contributed by atoms with Gasteiger partial charge in [-0.1, -0.05) is 6.92 Å². The second-order valence-electron chi connectivity index (χ2n) is 6.92. The summed E-state index contributed by atoms with van der Waals surface area (Å²) in [6.07, 6.45) is 2.44. The largest absolute Gasteiger partial charge is 0.437 e. The van der Waals surface area contributed by atoms with Crippen LogP contribution in [0.25, 0.3) is 0 Å². The van der Waals surface area contributed by atoms with Gasteiger partial charge in [0.2, 0.25) is 5.88 Å². The van der Waals surface area contributed by atoms with E-state index in [9.17, 15) is 9.18 Å². The van der Waals surface area contributed by atoms with Crippen molar-refractivity contribution in [1.29, 1.82) is 0 Å². The molecule has 2 heterocycles. The first-order valence-electron chi connectivity index (χ1n) is 9.87. The van der Waals surface area contributed by atoms with Gasteiger partial charge in [0.05, 0.1) is 4.47 Å². The average Bonchev–Trinajstić information content (AvgIpc) is 2.74. The summed E-state index contributed by atoms with van der Waals surface area (Å²) in [6, 6.07) is 7.45. The molecule has 0 unspecified atom stereocenters. The highest BCUT2D eigenvalue weighted by atomic mass is 79.9. The van der Waals surface area contributed by atoms with Crippen LogP contribution in [0.5, 0.6) is 11.6 Å². The molecule has 0 aliphatic carbocycles. The van der Waals surface area contributed by atoms with Gasteiger partial charge in [-0.15, -0.1) is 0 Å². The van der Waals surface area contributed by atoms with Gasteiger partial charge in [-0.2, -0.15) is 0 Å². The third-order valence-electron chi connectivity index (χ3n) is 4.97. The molecule has 3 rings (SSSR count). The first kappa shape index (κ1) is 21.7. The molecule has 1 aromatic heterocycles. The number of ether oxygens (including phenoxy) is 1. The van der Waals surface area contributed by atoms with E-state index < -0.39 is 0 Å². The molecular weight excluding hydrogens is 439 g/mol. The Morgan fingerprint density at radius 2 is 2.00 bits per heavy atom. The Labute approximate surface area is 179 Å². The molecule has 1 fully saturated rings. The highest BCUT2D eigenvalue weighted by molar-refractivity contribution is 9.10. The lowest BCUT2D eigenvalue weighted by Gasteiger charge is -2.33. The van der Waals surface area contributed by atoms with Crippen LogP contribution in [0.2, 0.25) is 0 Å². The number of likely N-dealkylation sites (N-methyl/N-ethyl adjacent to an activating group) is 1. The smallest absolute Gasteiger partial charge is 0.256 e. The number of rotatable bonds is 8. The minimum absolute atomic E-state index is 0.188. The van der Waals surface area contributed by atoms with Gasteiger partial charge in [-0.05, 0) is 65.8 Å². The maximum Gasteiger partial charge on any atom is 0.256 e. The normalized spacial score (nSPS) is 15.3. The van der Waals surface area contributed by atoms with Crippen molar-refractivity contribution >= 4 is 21.8 Å². The van der Waals surface area contributed by atoms with Crippen molar-refractivity contribution in [2.75, 3.05) is 45.8 Å². The van der Waals surface area contributed by atoms with Gasteiger partial charge in [0.25, 0.3) is 5.91 Å². The van der Waals surface area contributed by atoms with Gasteiger partial charge >= 0.3 is 0 Å². The Morgan fingerprint density at radius 3 is 2.72 bits per heavy atom. The van der Waals surface area contributed by atoms with Crippen LogP contribution in [0.1, 0.15) is 23.7 Å². The number of piperazine rings is 1. The second-order valence-corrected chi connectivity index (χ2v) is 7.77. The Balaban J connectivity index is 1.51. The first-order chi connectivity index (χ1) is 14.1. The summed E-state index contributed by atoms with van der Waals surface area (Å²) in [5.41, 5.74) is 0.347. The highest BCUT2D eigenvalue weighted by Crippen LogP contribution is 2.30. The molecule has 1 N–H and O–H groups in total. The van der Waals surface area contributed by atoms with Crippen LogP contribution in [0.4, 0.5) is 4.39 Å². The van der Waals surface area contributed by atoms with E-state index in [1.54, 1.807) is 18.3 Å². The van der Waals surface area contributed by atoms with Gasteiger partial charge in [0.1, 0.15) is 17.1 Å². The SMILES string of the molecule is CCN1CCN(CCCNC(=O)c2cccnc2Oc2ccc(F)cc2Br)CC1. The van der Waals surface area contributed by atoms with Gasteiger partial charge < -0.3 is 19.9 Å². The summed E-state index contributed by atoms with van der Waals surface area (Å²) in [5.74, 6) is -0.0279. The molecule has 1 aromatic carbocycles. The lowest BCUT2D eigenvalue weighted by molar-refractivity contribution is 0.0945. The molecule has 0 spiro atoms. The molecule has 29 heavy (non-hydrogen) atoms. The van der Waals surface area contributed by atoms with Crippen molar-refractivity contribution in [2.45, 2.75) is 13.3 Å². The number of nitrogens with zero attached hydrogens (tertiary/aromatic N) is 3. The molecule has 156 valence electrons. The standard InChI is InChI=1S/C21H26BrFN4O2/c1-2-26-11-13-27(14-12-26)10-4-9-24-20(28)17-5-3-8-25-21(17)29-19-7-6-16(23)15-18(19)22/h3,5-8,15H,2,4,9-14H2,1H3,(H,24,28). The minimum Gasteiger partial charge on any atom is -0.437 e. The first-order valence-corrected chi connectivity index (χ1v) is 10.7. The van der Waals surface area contributed by atoms with Gasteiger partial charge in [-0.3, -0.25) is 4.79 Å². The van der Waals surface area contributed by atoms with Crippen LogP contribution in [0.3, 0.4) is 0 Å². The molecule has 1 aliphatic rings. The molecule has 2 aromatic rings. The van der Waals surface area contributed by atoms with Crippen LogP contribution in [-0.4, -0.2) is 66.5 Å². The highest BCUT2D eigenvalue weighted by Gasteiger charge is 2.17. The Kier molecular flexibility index (Phi) is 7.97. The molecule has 1 saturated heterocycles. The van der Waals surface area contributed by atoms with Gasteiger partial charge in [0.15, 0.2) is 0 Å². The van der Waals surface area contributed by atoms with E-state index in [-0.39, 0.29) is 17.6 Å². The third kappa shape index (κ3) is 6.22. The fourth-order valence-corrected chi connectivity index (χ4v) is 3.67. The van der Waals surface area contributed by atoms with Crippen molar-refractivity contribution in [3.05, 3.63) is 52.4 Å². The molecule has 0 saturated carbocycles. The zero-order valence-electron chi connectivity index (χ0n) is 16.5. The average molecular weight is 465 g/mol. The summed E-state index contributed by atoms with van der Waals surface area (Å²) in [7, 11) is 0.